The Bertz CT molecular complexity index is 909. The van der Waals surface area contributed by atoms with Gasteiger partial charge in [-0.2, -0.15) is 0 Å². The van der Waals surface area contributed by atoms with Crippen LogP contribution in [-0.2, 0) is 21.1 Å². The summed E-state index contributed by atoms with van der Waals surface area (Å²) in [5.41, 5.74) is 0.741. The summed E-state index contributed by atoms with van der Waals surface area (Å²) >= 11 is 0. The Labute approximate surface area is 158 Å². The van der Waals surface area contributed by atoms with E-state index in [4.69, 9.17) is 9.15 Å². The highest BCUT2D eigenvalue weighted by molar-refractivity contribution is 7.91. The van der Waals surface area contributed by atoms with Gasteiger partial charge in [-0.05, 0) is 31.5 Å². The zero-order chi connectivity index (χ0) is 19.4. The quantitative estimate of drug-likeness (QED) is 0.705. The third-order valence-electron chi connectivity index (χ3n) is 4.65. The Balaban J connectivity index is 1.61. The predicted octanol–water partition coefficient (Wildman–Crippen LogP) is 1.71. The van der Waals surface area contributed by atoms with Gasteiger partial charge < -0.3 is 14.1 Å². The molecule has 3 rings (SSSR count). The topological polar surface area (TPSA) is 103 Å². The minimum Gasteiger partial charge on any atom is -0.497 e. The third kappa shape index (κ3) is 4.65. The van der Waals surface area contributed by atoms with Gasteiger partial charge in [0.1, 0.15) is 5.75 Å². The molecular formula is C18H23N3O5S. The van der Waals surface area contributed by atoms with Crippen molar-refractivity contribution in [2.75, 3.05) is 25.2 Å². The molecule has 1 fully saturated rings. The Morgan fingerprint density at radius 3 is 2.85 bits per heavy atom. The van der Waals surface area contributed by atoms with Crippen molar-refractivity contribution >= 4 is 15.7 Å². The van der Waals surface area contributed by atoms with Gasteiger partial charge in [-0.1, -0.05) is 6.07 Å². The molecule has 8 nitrogen and oxygen atoms in total. The monoisotopic (exact) mass is 393 g/mol. The van der Waals surface area contributed by atoms with Crippen molar-refractivity contribution in [1.29, 1.82) is 0 Å². The molecule has 0 N–H and O–H groups in total. The predicted molar refractivity (Wildman–Crippen MR) is 99.1 cm³/mol. The normalized spacial score (nSPS) is 18.4. The number of benzene rings is 1. The molecule has 2 heterocycles. The number of hydrogen-bond acceptors (Lipinski definition) is 7. The van der Waals surface area contributed by atoms with E-state index in [-0.39, 0.29) is 29.9 Å². The Morgan fingerprint density at radius 2 is 2.19 bits per heavy atom. The van der Waals surface area contributed by atoms with Crippen LogP contribution in [0.2, 0.25) is 0 Å². The molecule has 0 spiro atoms. The largest absolute Gasteiger partial charge is 0.497 e. The number of rotatable bonds is 7. The number of hydrogen-bond donors (Lipinski definition) is 0. The molecule has 27 heavy (non-hydrogen) atoms. The lowest BCUT2D eigenvalue weighted by molar-refractivity contribution is -0.132. The summed E-state index contributed by atoms with van der Waals surface area (Å²) < 4.78 is 34.2. The molecule has 0 bridgehead atoms. The second kappa shape index (κ2) is 8.08. The van der Waals surface area contributed by atoms with E-state index in [1.807, 2.05) is 25.1 Å². The van der Waals surface area contributed by atoms with Crippen LogP contribution in [0.5, 0.6) is 5.75 Å². The van der Waals surface area contributed by atoms with Crippen molar-refractivity contribution in [3.8, 4) is 17.2 Å². The standard InChI is InChI=1S/C18H23N3O5S/c1-3-21(14-9-10-27(23,24)12-14)17(22)8-7-16-19-20-18(26-16)13-5-4-6-15(11-13)25-2/h4-6,11,14H,3,7-10,12H2,1-2H3. The Kier molecular flexibility index (Phi) is 5.79. The zero-order valence-electron chi connectivity index (χ0n) is 15.4. The van der Waals surface area contributed by atoms with Gasteiger partial charge in [-0.15, -0.1) is 10.2 Å². The first-order chi connectivity index (χ1) is 12.9. The summed E-state index contributed by atoms with van der Waals surface area (Å²) in [6, 6.07) is 7.05. The molecule has 1 aromatic heterocycles. The van der Waals surface area contributed by atoms with E-state index in [1.165, 1.54) is 0 Å². The maximum Gasteiger partial charge on any atom is 0.247 e. The molecule has 146 valence electrons. The smallest absolute Gasteiger partial charge is 0.247 e. The maximum absolute atomic E-state index is 12.5. The van der Waals surface area contributed by atoms with Crippen LogP contribution >= 0.6 is 0 Å². The lowest BCUT2D eigenvalue weighted by Crippen LogP contribution is -2.41. The van der Waals surface area contributed by atoms with Crippen molar-refractivity contribution in [2.24, 2.45) is 0 Å². The summed E-state index contributed by atoms with van der Waals surface area (Å²) in [7, 11) is -1.45. The van der Waals surface area contributed by atoms with E-state index < -0.39 is 9.84 Å². The van der Waals surface area contributed by atoms with E-state index in [9.17, 15) is 13.2 Å². The second-order valence-electron chi connectivity index (χ2n) is 6.47. The third-order valence-corrected chi connectivity index (χ3v) is 6.40. The van der Waals surface area contributed by atoms with Crippen molar-refractivity contribution in [3.05, 3.63) is 30.2 Å². The van der Waals surface area contributed by atoms with E-state index in [1.54, 1.807) is 18.1 Å². The fourth-order valence-corrected chi connectivity index (χ4v) is 4.97. The van der Waals surface area contributed by atoms with Crippen molar-refractivity contribution in [1.82, 2.24) is 15.1 Å². The number of ether oxygens (including phenoxy) is 1. The summed E-state index contributed by atoms with van der Waals surface area (Å²) in [5, 5.41) is 8.03. The van der Waals surface area contributed by atoms with Gasteiger partial charge in [0, 0.05) is 31.0 Å². The van der Waals surface area contributed by atoms with Crippen LogP contribution in [-0.4, -0.2) is 60.6 Å². The van der Waals surface area contributed by atoms with E-state index in [0.717, 1.165) is 5.56 Å². The van der Waals surface area contributed by atoms with Gasteiger partial charge in [-0.3, -0.25) is 4.79 Å². The highest BCUT2D eigenvalue weighted by Crippen LogP contribution is 2.23. The number of methoxy groups -OCH3 is 1. The van der Waals surface area contributed by atoms with Gasteiger partial charge in [-0.25, -0.2) is 8.42 Å². The summed E-state index contributed by atoms with van der Waals surface area (Å²) in [6.45, 7) is 2.34. The molecule has 1 aliphatic rings. The summed E-state index contributed by atoms with van der Waals surface area (Å²) in [4.78, 5) is 14.2. The molecule has 1 amide bonds. The van der Waals surface area contributed by atoms with Gasteiger partial charge in [0.25, 0.3) is 0 Å². The fraction of sp³-hybridized carbons (Fsp3) is 0.500. The van der Waals surface area contributed by atoms with Crippen molar-refractivity contribution in [3.63, 3.8) is 0 Å². The minimum atomic E-state index is -3.03. The van der Waals surface area contributed by atoms with Crippen LogP contribution in [0.15, 0.2) is 28.7 Å². The van der Waals surface area contributed by atoms with Gasteiger partial charge in [0.2, 0.25) is 17.7 Å². The molecule has 9 heteroatoms. The number of nitrogens with zero attached hydrogens (tertiary/aromatic N) is 3. The highest BCUT2D eigenvalue weighted by atomic mass is 32.2. The molecule has 1 saturated heterocycles. The SMILES string of the molecule is CCN(C(=O)CCc1nnc(-c2cccc(OC)c2)o1)C1CCS(=O)(=O)C1. The lowest BCUT2D eigenvalue weighted by Gasteiger charge is -2.26. The van der Waals surface area contributed by atoms with E-state index in [0.29, 0.717) is 36.9 Å². The van der Waals surface area contributed by atoms with Crippen LogP contribution in [0, 0.1) is 0 Å². The van der Waals surface area contributed by atoms with E-state index >= 15 is 0 Å². The summed E-state index contributed by atoms with van der Waals surface area (Å²) in [5.74, 6) is 1.53. The molecule has 0 radical (unpaired) electrons. The van der Waals surface area contributed by atoms with Crippen LogP contribution in [0.1, 0.15) is 25.7 Å². The average Bonchev–Trinajstić information content (AvgIpc) is 3.27. The maximum atomic E-state index is 12.5. The summed E-state index contributed by atoms with van der Waals surface area (Å²) in [6.07, 6.45) is 1.01. The first-order valence-electron chi connectivity index (χ1n) is 8.88. The Morgan fingerprint density at radius 1 is 1.37 bits per heavy atom. The second-order valence-corrected chi connectivity index (χ2v) is 8.70. The molecule has 2 aromatic rings. The molecule has 1 unspecified atom stereocenters. The average molecular weight is 393 g/mol. The van der Waals surface area contributed by atoms with Crippen LogP contribution in [0.25, 0.3) is 11.5 Å². The van der Waals surface area contributed by atoms with Crippen molar-refractivity contribution in [2.45, 2.75) is 32.2 Å². The number of sulfone groups is 1. The van der Waals surface area contributed by atoms with Gasteiger partial charge in [0.15, 0.2) is 9.84 Å². The van der Waals surface area contributed by atoms with Crippen LogP contribution in [0.3, 0.4) is 0 Å². The van der Waals surface area contributed by atoms with Gasteiger partial charge >= 0.3 is 0 Å². The number of aromatic nitrogens is 2. The zero-order valence-corrected chi connectivity index (χ0v) is 16.2. The molecule has 1 aliphatic heterocycles. The molecule has 1 atom stereocenters. The minimum absolute atomic E-state index is 0.0487. The van der Waals surface area contributed by atoms with Gasteiger partial charge in [0.05, 0.1) is 18.6 Å². The number of amides is 1. The molecule has 1 aromatic carbocycles. The first kappa shape index (κ1) is 19.3. The molecule has 0 aliphatic carbocycles. The molecular weight excluding hydrogens is 370 g/mol. The molecule has 0 saturated carbocycles. The highest BCUT2D eigenvalue weighted by Gasteiger charge is 2.33. The van der Waals surface area contributed by atoms with Crippen LogP contribution in [0.4, 0.5) is 0 Å². The first-order valence-corrected chi connectivity index (χ1v) is 10.7. The van der Waals surface area contributed by atoms with Crippen LogP contribution < -0.4 is 4.74 Å². The van der Waals surface area contributed by atoms with E-state index in [2.05, 4.69) is 10.2 Å². The lowest BCUT2D eigenvalue weighted by atomic mass is 10.2. The number of aryl methyl sites for hydroxylation is 1. The van der Waals surface area contributed by atoms with Crippen molar-refractivity contribution < 1.29 is 22.4 Å². The Hall–Kier alpha value is -2.42. The number of carbonyl (C=O) groups is 1. The number of carbonyl (C=O) groups excluding carboxylic acids is 1. The fourth-order valence-electron chi connectivity index (χ4n) is 3.24.